The minimum atomic E-state index is 0.193. The average molecular weight is 242 g/mol. The monoisotopic (exact) mass is 242 g/mol. The summed E-state index contributed by atoms with van der Waals surface area (Å²) in [7, 11) is 0. The Bertz CT molecular complexity index is 596. The molecule has 0 aliphatic rings. The number of aromatic nitrogens is 3. The van der Waals surface area contributed by atoms with Crippen molar-refractivity contribution in [2.45, 2.75) is 19.5 Å². The van der Waals surface area contributed by atoms with Crippen LogP contribution >= 0.6 is 0 Å². The molecule has 0 fully saturated rings. The number of anilines is 1. The van der Waals surface area contributed by atoms with E-state index in [1.807, 2.05) is 41.2 Å². The molecule has 0 radical (unpaired) electrons. The molecule has 0 saturated carbocycles. The minimum Gasteiger partial charge on any atom is -0.424 e. The van der Waals surface area contributed by atoms with Gasteiger partial charge >= 0.3 is 0 Å². The SMILES string of the molecule is C[C@H](Cn1cccn1)Nc1nc2ccccc2o1. The second-order valence-electron chi connectivity index (χ2n) is 4.26. The lowest BCUT2D eigenvalue weighted by Crippen LogP contribution is -2.22. The number of nitrogens with zero attached hydrogens (tertiary/aromatic N) is 3. The molecule has 1 atom stereocenters. The molecule has 2 aromatic heterocycles. The summed E-state index contributed by atoms with van der Waals surface area (Å²) in [5.41, 5.74) is 1.66. The van der Waals surface area contributed by atoms with Crippen molar-refractivity contribution in [2.75, 3.05) is 5.32 Å². The first-order valence-electron chi connectivity index (χ1n) is 5.91. The Morgan fingerprint density at radius 3 is 3.00 bits per heavy atom. The van der Waals surface area contributed by atoms with Crippen LogP contribution in [-0.2, 0) is 6.54 Å². The highest BCUT2D eigenvalue weighted by atomic mass is 16.4. The Balaban J connectivity index is 1.71. The largest absolute Gasteiger partial charge is 0.424 e. The minimum absolute atomic E-state index is 0.193. The molecule has 0 aliphatic carbocycles. The molecule has 3 aromatic rings. The third-order valence-electron chi connectivity index (χ3n) is 2.68. The standard InChI is InChI=1S/C13H14N4O/c1-10(9-17-8-4-7-14-17)15-13-16-11-5-2-3-6-12(11)18-13/h2-8,10H,9H2,1H3,(H,15,16)/t10-/m1/s1. The van der Waals surface area contributed by atoms with Crippen LogP contribution in [0.3, 0.4) is 0 Å². The van der Waals surface area contributed by atoms with E-state index in [1.54, 1.807) is 6.20 Å². The van der Waals surface area contributed by atoms with Gasteiger partial charge in [-0.1, -0.05) is 12.1 Å². The van der Waals surface area contributed by atoms with Crippen LogP contribution in [0.2, 0.25) is 0 Å². The van der Waals surface area contributed by atoms with Crippen LogP contribution in [0.15, 0.2) is 47.1 Å². The summed E-state index contributed by atoms with van der Waals surface area (Å²) in [6.45, 7) is 2.84. The molecular formula is C13H14N4O. The predicted octanol–water partition coefficient (Wildman–Crippen LogP) is 2.52. The summed E-state index contributed by atoms with van der Waals surface area (Å²) in [6.07, 6.45) is 3.70. The number of oxazole rings is 1. The summed E-state index contributed by atoms with van der Waals surface area (Å²) in [5, 5.41) is 7.40. The molecule has 0 unspecified atom stereocenters. The number of rotatable bonds is 4. The van der Waals surface area contributed by atoms with Gasteiger partial charge in [0.2, 0.25) is 0 Å². The summed E-state index contributed by atoms with van der Waals surface area (Å²) in [4.78, 5) is 4.37. The number of hydrogen-bond donors (Lipinski definition) is 1. The molecule has 92 valence electrons. The number of nitrogens with one attached hydrogen (secondary N) is 1. The smallest absolute Gasteiger partial charge is 0.295 e. The van der Waals surface area contributed by atoms with Gasteiger partial charge in [0.1, 0.15) is 5.52 Å². The highest BCUT2D eigenvalue weighted by molar-refractivity contribution is 5.74. The van der Waals surface area contributed by atoms with Crippen molar-refractivity contribution in [1.82, 2.24) is 14.8 Å². The molecule has 1 aromatic carbocycles. The first kappa shape index (κ1) is 10.8. The third kappa shape index (κ3) is 2.20. The van der Waals surface area contributed by atoms with Gasteiger partial charge < -0.3 is 9.73 Å². The van der Waals surface area contributed by atoms with Crippen LogP contribution in [-0.4, -0.2) is 20.8 Å². The Kier molecular flexibility index (Phi) is 2.72. The maximum Gasteiger partial charge on any atom is 0.295 e. The molecule has 5 heteroatoms. The second-order valence-corrected chi connectivity index (χ2v) is 4.26. The van der Waals surface area contributed by atoms with Crippen LogP contribution in [0.4, 0.5) is 6.01 Å². The summed E-state index contributed by atoms with van der Waals surface area (Å²) >= 11 is 0. The number of hydrogen-bond acceptors (Lipinski definition) is 4. The zero-order valence-electron chi connectivity index (χ0n) is 10.1. The van der Waals surface area contributed by atoms with E-state index in [4.69, 9.17) is 4.42 Å². The summed E-state index contributed by atoms with van der Waals surface area (Å²) in [6, 6.07) is 10.4. The Morgan fingerprint density at radius 1 is 1.33 bits per heavy atom. The molecule has 0 saturated heterocycles. The van der Waals surface area contributed by atoms with E-state index in [0.717, 1.165) is 17.6 Å². The van der Waals surface area contributed by atoms with Crippen molar-refractivity contribution in [1.29, 1.82) is 0 Å². The van der Waals surface area contributed by atoms with Gasteiger partial charge in [-0.2, -0.15) is 10.1 Å². The lowest BCUT2D eigenvalue weighted by atomic mass is 10.3. The van der Waals surface area contributed by atoms with Crippen molar-refractivity contribution >= 4 is 17.1 Å². The van der Waals surface area contributed by atoms with Gasteiger partial charge in [-0.25, -0.2) is 0 Å². The first-order chi connectivity index (χ1) is 8.81. The van der Waals surface area contributed by atoms with Gasteiger partial charge in [-0.3, -0.25) is 4.68 Å². The number of para-hydroxylation sites is 2. The van der Waals surface area contributed by atoms with Crippen molar-refractivity contribution in [2.24, 2.45) is 0 Å². The van der Waals surface area contributed by atoms with Gasteiger partial charge in [0.15, 0.2) is 5.58 Å². The Labute approximate surface area is 104 Å². The summed E-state index contributed by atoms with van der Waals surface area (Å²) in [5.74, 6) is 0. The van der Waals surface area contributed by atoms with E-state index in [-0.39, 0.29) is 6.04 Å². The average Bonchev–Trinajstić information content (AvgIpc) is 2.96. The van der Waals surface area contributed by atoms with E-state index in [0.29, 0.717) is 6.01 Å². The Morgan fingerprint density at radius 2 is 2.22 bits per heavy atom. The van der Waals surface area contributed by atoms with Gasteiger partial charge in [0.25, 0.3) is 6.01 Å². The number of fused-ring (bicyclic) bond motifs is 1. The van der Waals surface area contributed by atoms with Crippen LogP contribution in [0.25, 0.3) is 11.1 Å². The molecule has 3 rings (SSSR count). The lowest BCUT2D eigenvalue weighted by Gasteiger charge is -2.11. The van der Waals surface area contributed by atoms with Gasteiger partial charge in [0.05, 0.1) is 6.54 Å². The topological polar surface area (TPSA) is 55.9 Å². The molecule has 0 aliphatic heterocycles. The quantitative estimate of drug-likeness (QED) is 0.763. The fourth-order valence-electron chi connectivity index (χ4n) is 1.88. The third-order valence-corrected chi connectivity index (χ3v) is 2.68. The van der Waals surface area contributed by atoms with Crippen molar-refractivity contribution in [3.05, 3.63) is 42.7 Å². The van der Waals surface area contributed by atoms with Gasteiger partial charge in [0, 0.05) is 18.4 Å². The van der Waals surface area contributed by atoms with E-state index < -0.39 is 0 Å². The van der Waals surface area contributed by atoms with Crippen LogP contribution < -0.4 is 5.32 Å². The highest BCUT2D eigenvalue weighted by Gasteiger charge is 2.08. The predicted molar refractivity (Wildman–Crippen MR) is 69.3 cm³/mol. The van der Waals surface area contributed by atoms with Crippen LogP contribution in [0.1, 0.15) is 6.92 Å². The molecular weight excluding hydrogens is 228 g/mol. The molecule has 2 heterocycles. The normalized spacial score (nSPS) is 12.7. The molecule has 0 bridgehead atoms. The van der Waals surface area contributed by atoms with E-state index in [2.05, 4.69) is 22.3 Å². The van der Waals surface area contributed by atoms with E-state index in [9.17, 15) is 0 Å². The second kappa shape index (κ2) is 4.52. The van der Waals surface area contributed by atoms with Gasteiger partial charge in [-0.15, -0.1) is 0 Å². The maximum absolute atomic E-state index is 5.61. The molecule has 1 N–H and O–H groups in total. The van der Waals surface area contributed by atoms with Crippen LogP contribution in [0.5, 0.6) is 0 Å². The van der Waals surface area contributed by atoms with E-state index >= 15 is 0 Å². The summed E-state index contributed by atoms with van der Waals surface area (Å²) < 4.78 is 7.48. The fourth-order valence-corrected chi connectivity index (χ4v) is 1.88. The maximum atomic E-state index is 5.61. The molecule has 0 spiro atoms. The van der Waals surface area contributed by atoms with Crippen molar-refractivity contribution < 1.29 is 4.42 Å². The van der Waals surface area contributed by atoms with E-state index in [1.165, 1.54) is 0 Å². The van der Waals surface area contributed by atoms with Crippen molar-refractivity contribution in [3.63, 3.8) is 0 Å². The highest BCUT2D eigenvalue weighted by Crippen LogP contribution is 2.18. The molecule has 0 amide bonds. The number of benzene rings is 1. The molecule has 5 nitrogen and oxygen atoms in total. The lowest BCUT2D eigenvalue weighted by molar-refractivity contribution is 0.535. The first-order valence-corrected chi connectivity index (χ1v) is 5.91. The Hall–Kier alpha value is -2.30. The van der Waals surface area contributed by atoms with Crippen LogP contribution in [0, 0.1) is 0 Å². The fraction of sp³-hybridized carbons (Fsp3) is 0.231. The molecule has 18 heavy (non-hydrogen) atoms. The van der Waals surface area contributed by atoms with Gasteiger partial charge in [-0.05, 0) is 25.1 Å². The van der Waals surface area contributed by atoms with Crippen molar-refractivity contribution in [3.8, 4) is 0 Å². The zero-order chi connectivity index (χ0) is 12.4. The zero-order valence-corrected chi connectivity index (χ0v) is 10.1.